The van der Waals surface area contributed by atoms with E-state index in [4.69, 9.17) is 0 Å². The van der Waals surface area contributed by atoms with Crippen LogP contribution >= 0.6 is 0 Å². The average molecular weight is 342 g/mol. The van der Waals surface area contributed by atoms with Crippen LogP contribution in [-0.2, 0) is 20.6 Å². The highest BCUT2D eigenvalue weighted by atomic mass is 16.2. The number of imidazole rings is 1. The van der Waals surface area contributed by atoms with Gasteiger partial charge in [-0.15, -0.1) is 0 Å². The summed E-state index contributed by atoms with van der Waals surface area (Å²) in [5.74, 6) is -0.155. The van der Waals surface area contributed by atoms with E-state index in [1.54, 1.807) is 41.9 Å². The number of fused-ring (bicyclic) bond motifs is 1. The molecule has 0 N–H and O–H groups in total. The number of hydrogen-bond acceptors (Lipinski definition) is 5. The van der Waals surface area contributed by atoms with Crippen LogP contribution in [0, 0.1) is 0 Å². The molecule has 0 bridgehead atoms. The molecule has 25 heavy (non-hydrogen) atoms. The molecule has 3 aromatic heterocycles. The molecule has 0 spiro atoms. The number of pyridine rings is 1. The Bertz CT molecular complexity index is 1050. The van der Waals surface area contributed by atoms with E-state index >= 15 is 0 Å². The summed E-state index contributed by atoms with van der Waals surface area (Å²) in [5, 5.41) is 0. The third kappa shape index (κ3) is 2.84. The van der Waals surface area contributed by atoms with E-state index in [0.29, 0.717) is 29.8 Å². The maximum Gasteiger partial charge on any atom is 0.332 e. The summed E-state index contributed by atoms with van der Waals surface area (Å²) in [4.78, 5) is 46.3. The van der Waals surface area contributed by atoms with Crippen molar-refractivity contribution in [2.45, 2.75) is 6.54 Å². The van der Waals surface area contributed by atoms with E-state index in [1.807, 2.05) is 0 Å². The summed E-state index contributed by atoms with van der Waals surface area (Å²) >= 11 is 0. The molecule has 0 aliphatic rings. The average Bonchev–Trinajstić information content (AvgIpc) is 3.06. The minimum Gasteiger partial charge on any atom is -0.340 e. The van der Waals surface area contributed by atoms with Crippen molar-refractivity contribution < 1.29 is 4.79 Å². The van der Waals surface area contributed by atoms with E-state index in [1.165, 1.54) is 24.1 Å². The molecule has 3 aromatic rings. The summed E-state index contributed by atoms with van der Waals surface area (Å²) in [6, 6.07) is 3.40. The Labute approximate surface area is 142 Å². The van der Waals surface area contributed by atoms with E-state index in [-0.39, 0.29) is 5.91 Å². The fraction of sp³-hybridized carbons (Fsp3) is 0.312. The number of rotatable bonds is 4. The number of carbonyl (C=O) groups is 1. The lowest BCUT2D eigenvalue weighted by Crippen LogP contribution is -2.38. The molecular weight excluding hydrogens is 324 g/mol. The summed E-state index contributed by atoms with van der Waals surface area (Å²) in [5.41, 5.74) is 0.337. The molecule has 1 amide bonds. The van der Waals surface area contributed by atoms with Gasteiger partial charge in [0.05, 0.1) is 11.9 Å². The minimum atomic E-state index is -0.424. The number of likely N-dealkylation sites (N-methyl/N-ethyl adjacent to an activating group) is 1. The van der Waals surface area contributed by atoms with Crippen molar-refractivity contribution in [2.75, 3.05) is 13.6 Å². The predicted molar refractivity (Wildman–Crippen MR) is 91.4 cm³/mol. The van der Waals surface area contributed by atoms with Crippen LogP contribution in [-0.4, -0.2) is 48.1 Å². The van der Waals surface area contributed by atoms with Crippen molar-refractivity contribution >= 4 is 17.1 Å². The van der Waals surface area contributed by atoms with Crippen molar-refractivity contribution in [1.29, 1.82) is 0 Å². The highest BCUT2D eigenvalue weighted by Crippen LogP contribution is 2.07. The fourth-order valence-corrected chi connectivity index (χ4v) is 2.64. The number of carbonyl (C=O) groups excluding carboxylic acids is 1. The van der Waals surface area contributed by atoms with Crippen LogP contribution in [0.5, 0.6) is 0 Å². The predicted octanol–water partition coefficient (Wildman–Crippen LogP) is -0.399. The van der Waals surface area contributed by atoms with Crippen LogP contribution in [0.3, 0.4) is 0 Å². The molecule has 0 atom stereocenters. The van der Waals surface area contributed by atoms with Gasteiger partial charge < -0.3 is 9.47 Å². The Balaban J connectivity index is 1.86. The lowest BCUT2D eigenvalue weighted by atomic mass is 10.2. The first-order valence-corrected chi connectivity index (χ1v) is 7.68. The molecule has 0 aliphatic heterocycles. The Kier molecular flexibility index (Phi) is 4.22. The zero-order chi connectivity index (χ0) is 18.1. The van der Waals surface area contributed by atoms with Gasteiger partial charge in [-0.3, -0.25) is 23.7 Å². The second-order valence-electron chi connectivity index (χ2n) is 5.78. The lowest BCUT2D eigenvalue weighted by Gasteiger charge is -2.17. The largest absolute Gasteiger partial charge is 0.340 e. The van der Waals surface area contributed by atoms with Gasteiger partial charge in [-0.05, 0) is 12.1 Å². The maximum absolute atomic E-state index is 12.4. The van der Waals surface area contributed by atoms with Gasteiger partial charge in [-0.2, -0.15) is 0 Å². The number of amides is 1. The molecule has 9 nitrogen and oxygen atoms in total. The number of hydrogen-bond donors (Lipinski definition) is 0. The molecule has 9 heteroatoms. The van der Waals surface area contributed by atoms with Gasteiger partial charge in [0, 0.05) is 46.6 Å². The number of nitrogens with zero attached hydrogens (tertiary/aromatic N) is 6. The first kappa shape index (κ1) is 16.6. The van der Waals surface area contributed by atoms with Gasteiger partial charge >= 0.3 is 5.69 Å². The Morgan fingerprint density at radius 2 is 2.00 bits per heavy atom. The minimum absolute atomic E-state index is 0.155. The summed E-state index contributed by atoms with van der Waals surface area (Å²) in [6.07, 6.45) is 4.62. The third-order valence-corrected chi connectivity index (χ3v) is 4.15. The topological polar surface area (TPSA) is 95.0 Å². The second-order valence-corrected chi connectivity index (χ2v) is 5.78. The summed E-state index contributed by atoms with van der Waals surface area (Å²) in [7, 11) is 4.68. The van der Waals surface area contributed by atoms with Crippen LogP contribution in [0.4, 0.5) is 0 Å². The van der Waals surface area contributed by atoms with Gasteiger partial charge in [0.1, 0.15) is 0 Å². The van der Waals surface area contributed by atoms with Crippen LogP contribution in [0.25, 0.3) is 11.2 Å². The van der Waals surface area contributed by atoms with Crippen molar-refractivity contribution in [3.8, 4) is 0 Å². The van der Waals surface area contributed by atoms with Crippen molar-refractivity contribution in [3.05, 3.63) is 57.3 Å². The Hall–Kier alpha value is -3.23. The van der Waals surface area contributed by atoms with Crippen molar-refractivity contribution in [2.24, 2.45) is 14.1 Å². The maximum atomic E-state index is 12.4. The molecule has 0 aromatic carbocycles. The van der Waals surface area contributed by atoms with E-state index < -0.39 is 11.2 Å². The molecule has 3 rings (SSSR count). The summed E-state index contributed by atoms with van der Waals surface area (Å²) < 4.78 is 4.03. The van der Waals surface area contributed by atoms with Crippen LogP contribution < -0.4 is 11.2 Å². The smallest absolute Gasteiger partial charge is 0.332 e. The zero-order valence-electron chi connectivity index (χ0n) is 14.2. The highest BCUT2D eigenvalue weighted by Gasteiger charge is 2.16. The molecule has 0 saturated carbocycles. The summed E-state index contributed by atoms with van der Waals surface area (Å²) in [6.45, 7) is 0.762. The molecule has 130 valence electrons. The highest BCUT2D eigenvalue weighted by molar-refractivity contribution is 5.93. The van der Waals surface area contributed by atoms with Gasteiger partial charge in [0.25, 0.3) is 11.5 Å². The molecule has 0 saturated heterocycles. The Morgan fingerprint density at radius 3 is 2.68 bits per heavy atom. The molecular formula is C16H18N6O3. The van der Waals surface area contributed by atoms with Crippen LogP contribution in [0.2, 0.25) is 0 Å². The van der Waals surface area contributed by atoms with E-state index in [2.05, 4.69) is 9.97 Å². The standard InChI is InChI=1S/C16H18N6O3/c1-19(14(23)11-5-4-6-17-9-11)7-8-22-10-18-13-12(22)15(24)21(3)16(25)20(13)2/h4-6,9-10H,7-8H2,1-3H3. The first-order valence-electron chi connectivity index (χ1n) is 7.68. The first-order chi connectivity index (χ1) is 11.9. The quantitative estimate of drug-likeness (QED) is 0.643. The van der Waals surface area contributed by atoms with Crippen LogP contribution in [0.15, 0.2) is 40.4 Å². The molecule has 0 fully saturated rings. The third-order valence-electron chi connectivity index (χ3n) is 4.15. The molecule has 0 aliphatic carbocycles. The van der Waals surface area contributed by atoms with Gasteiger partial charge in [-0.1, -0.05) is 0 Å². The second kappa shape index (κ2) is 6.34. The van der Waals surface area contributed by atoms with E-state index in [9.17, 15) is 14.4 Å². The number of aromatic nitrogens is 5. The fourth-order valence-electron chi connectivity index (χ4n) is 2.64. The zero-order valence-corrected chi connectivity index (χ0v) is 14.2. The van der Waals surface area contributed by atoms with Crippen molar-refractivity contribution in [1.82, 2.24) is 28.6 Å². The SMILES string of the molecule is CN(CCn1cnc2c1c(=O)n(C)c(=O)n2C)C(=O)c1cccnc1. The van der Waals surface area contributed by atoms with Crippen molar-refractivity contribution in [3.63, 3.8) is 0 Å². The van der Waals surface area contributed by atoms with Crippen LogP contribution in [0.1, 0.15) is 10.4 Å². The molecule has 0 radical (unpaired) electrons. The lowest BCUT2D eigenvalue weighted by molar-refractivity contribution is 0.0790. The van der Waals surface area contributed by atoms with Gasteiger partial charge in [0.15, 0.2) is 11.2 Å². The monoisotopic (exact) mass is 342 g/mol. The van der Waals surface area contributed by atoms with E-state index in [0.717, 1.165) is 4.57 Å². The van der Waals surface area contributed by atoms with Gasteiger partial charge in [-0.25, -0.2) is 9.78 Å². The Morgan fingerprint density at radius 1 is 1.24 bits per heavy atom. The molecule has 3 heterocycles. The molecule has 0 unspecified atom stereocenters. The number of aryl methyl sites for hydroxylation is 1. The van der Waals surface area contributed by atoms with Gasteiger partial charge in [0.2, 0.25) is 0 Å². The normalized spacial score (nSPS) is 11.0.